The van der Waals surface area contributed by atoms with Crippen LogP contribution in [-0.4, -0.2) is 11.7 Å². The molecule has 1 aromatic carbocycles. The average Bonchev–Trinajstić information content (AvgIpc) is 2.35. The lowest BCUT2D eigenvalue weighted by Gasteiger charge is -2.06. The van der Waals surface area contributed by atoms with Crippen molar-refractivity contribution in [2.24, 2.45) is 0 Å². The van der Waals surface area contributed by atoms with Crippen LogP contribution in [-0.2, 0) is 4.79 Å². The van der Waals surface area contributed by atoms with Gasteiger partial charge in [-0.05, 0) is 24.5 Å². The normalized spacial score (nSPS) is 10.2. The molecule has 17 heavy (non-hydrogen) atoms. The quantitative estimate of drug-likeness (QED) is 0.577. The zero-order chi connectivity index (χ0) is 12.7. The van der Waals surface area contributed by atoms with Gasteiger partial charge in [-0.25, -0.2) is 0 Å². The minimum atomic E-state index is -3.58. The maximum atomic E-state index is 13.3. The lowest BCUT2D eigenvalue weighted by Crippen LogP contribution is -2.26. The van der Waals surface area contributed by atoms with E-state index < -0.39 is 11.7 Å². The Morgan fingerprint density at radius 1 is 1.35 bits per heavy atom. The Bertz CT molecular complexity index is 452. The molecule has 0 radical (unpaired) electrons. The summed E-state index contributed by atoms with van der Waals surface area (Å²) in [5.74, 6) is -0.738. The fourth-order valence-corrected chi connectivity index (χ4v) is 1.13. The second-order valence-electron chi connectivity index (χ2n) is 3.44. The van der Waals surface area contributed by atoms with Crippen LogP contribution in [0.15, 0.2) is 43.0 Å². The summed E-state index contributed by atoms with van der Waals surface area (Å²) < 4.78 is 26.5. The summed E-state index contributed by atoms with van der Waals surface area (Å²) in [6, 6.07) is 8.37. The molecule has 0 fully saturated rings. The summed E-state index contributed by atoms with van der Waals surface area (Å²) in [5, 5.41) is 0. The molecule has 0 unspecified atom stereocenters. The molecule has 0 aliphatic carbocycles. The van der Waals surface area contributed by atoms with Crippen LogP contribution in [0.5, 0.6) is 0 Å². The number of alkyl halides is 2. The van der Waals surface area contributed by atoms with Gasteiger partial charge in [0.2, 0.25) is 5.78 Å². The van der Waals surface area contributed by atoms with Crippen molar-refractivity contribution >= 4 is 5.78 Å². The molecular formula is C14H12F2O. The molecule has 0 atom stereocenters. The van der Waals surface area contributed by atoms with Gasteiger partial charge in [-0.1, -0.05) is 30.2 Å². The number of carbonyl (C=O) groups is 1. The summed E-state index contributed by atoms with van der Waals surface area (Å²) in [6.45, 7) is 3.38. The highest BCUT2D eigenvalue weighted by atomic mass is 19.3. The van der Waals surface area contributed by atoms with Crippen LogP contribution in [0.1, 0.15) is 18.4 Å². The molecule has 0 saturated heterocycles. The summed E-state index contributed by atoms with van der Waals surface area (Å²) in [5.41, 5.74) is 0.462. The molecule has 0 bridgehead atoms. The van der Waals surface area contributed by atoms with Crippen LogP contribution in [0.2, 0.25) is 0 Å². The highest BCUT2D eigenvalue weighted by molar-refractivity contribution is 5.89. The molecule has 0 N–H and O–H groups in total. The van der Waals surface area contributed by atoms with Gasteiger partial charge in [-0.3, -0.25) is 4.79 Å². The molecule has 0 heterocycles. The Labute approximate surface area is 99.2 Å². The Morgan fingerprint density at radius 2 is 2.00 bits per heavy atom. The van der Waals surface area contributed by atoms with Gasteiger partial charge in [0.25, 0.3) is 0 Å². The first-order valence-corrected chi connectivity index (χ1v) is 5.16. The molecule has 0 spiro atoms. The molecule has 1 rings (SSSR count). The van der Waals surface area contributed by atoms with Crippen molar-refractivity contribution in [2.45, 2.75) is 18.8 Å². The van der Waals surface area contributed by atoms with E-state index in [2.05, 4.69) is 12.5 Å². The molecule has 3 heteroatoms. The van der Waals surface area contributed by atoms with Crippen molar-refractivity contribution in [3.05, 3.63) is 48.6 Å². The predicted molar refractivity (Wildman–Crippen MR) is 62.7 cm³/mol. The molecule has 1 nitrogen and oxygen atoms in total. The van der Waals surface area contributed by atoms with Crippen molar-refractivity contribution < 1.29 is 13.6 Å². The zero-order valence-electron chi connectivity index (χ0n) is 9.25. The lowest BCUT2D eigenvalue weighted by molar-refractivity contribution is -0.135. The van der Waals surface area contributed by atoms with E-state index in [1.54, 1.807) is 36.3 Å². The lowest BCUT2D eigenvalue weighted by atomic mass is 10.1. The van der Waals surface area contributed by atoms with E-state index in [0.29, 0.717) is 5.56 Å². The fraction of sp³-hybridized carbons (Fsp3) is 0.214. The SMILES string of the molecule is C=CCCC(=O)C(F)(F)C#Cc1ccccc1. The second-order valence-corrected chi connectivity index (χ2v) is 3.44. The van der Waals surface area contributed by atoms with Gasteiger partial charge in [-0.2, -0.15) is 8.78 Å². The molecule has 0 amide bonds. The van der Waals surface area contributed by atoms with E-state index in [1.165, 1.54) is 6.08 Å². The highest BCUT2D eigenvalue weighted by Crippen LogP contribution is 2.17. The number of hydrogen-bond donors (Lipinski definition) is 0. The van der Waals surface area contributed by atoms with Gasteiger partial charge in [0.15, 0.2) is 0 Å². The van der Waals surface area contributed by atoms with E-state index in [0.717, 1.165) is 0 Å². The Hall–Kier alpha value is -1.95. The monoisotopic (exact) mass is 234 g/mol. The summed E-state index contributed by atoms with van der Waals surface area (Å²) in [4.78, 5) is 11.1. The Morgan fingerprint density at radius 3 is 2.59 bits per heavy atom. The van der Waals surface area contributed by atoms with Gasteiger partial charge in [0.05, 0.1) is 0 Å². The topological polar surface area (TPSA) is 17.1 Å². The average molecular weight is 234 g/mol. The number of halogens is 2. The smallest absolute Gasteiger partial charge is 0.292 e. The largest absolute Gasteiger partial charge is 0.366 e. The molecular weight excluding hydrogens is 222 g/mol. The van der Waals surface area contributed by atoms with Crippen LogP contribution in [0, 0.1) is 11.8 Å². The van der Waals surface area contributed by atoms with Crippen LogP contribution in [0.4, 0.5) is 8.78 Å². The van der Waals surface area contributed by atoms with Crippen molar-refractivity contribution in [1.82, 2.24) is 0 Å². The minimum absolute atomic E-state index is 0.236. The zero-order valence-corrected chi connectivity index (χ0v) is 9.25. The molecule has 0 aliphatic rings. The molecule has 0 aromatic heterocycles. The van der Waals surface area contributed by atoms with E-state index in [9.17, 15) is 13.6 Å². The molecule has 88 valence electrons. The number of rotatable bonds is 4. The number of ketones is 1. The molecule has 0 saturated carbocycles. The van der Waals surface area contributed by atoms with Gasteiger partial charge < -0.3 is 0 Å². The van der Waals surface area contributed by atoms with Gasteiger partial charge in [0.1, 0.15) is 0 Å². The third kappa shape index (κ3) is 4.20. The van der Waals surface area contributed by atoms with E-state index >= 15 is 0 Å². The first-order valence-electron chi connectivity index (χ1n) is 5.16. The third-order valence-electron chi connectivity index (χ3n) is 2.06. The van der Waals surface area contributed by atoms with Gasteiger partial charge in [0, 0.05) is 12.0 Å². The van der Waals surface area contributed by atoms with Gasteiger partial charge in [-0.15, -0.1) is 6.58 Å². The first-order chi connectivity index (χ1) is 8.06. The summed E-state index contributed by atoms with van der Waals surface area (Å²) >= 11 is 0. The van der Waals surface area contributed by atoms with E-state index in [1.807, 2.05) is 0 Å². The molecule has 0 aliphatic heterocycles. The number of Topliss-reactive ketones (excluding diaryl/α,β-unsaturated/α-hetero) is 1. The second kappa shape index (κ2) is 5.95. The van der Waals surface area contributed by atoms with E-state index in [-0.39, 0.29) is 12.8 Å². The number of allylic oxidation sites excluding steroid dienone is 1. The highest BCUT2D eigenvalue weighted by Gasteiger charge is 2.35. The van der Waals surface area contributed by atoms with Crippen LogP contribution >= 0.6 is 0 Å². The predicted octanol–water partition coefficient (Wildman–Crippen LogP) is 3.21. The number of carbonyl (C=O) groups excluding carboxylic acids is 1. The van der Waals surface area contributed by atoms with Crippen molar-refractivity contribution in [3.63, 3.8) is 0 Å². The third-order valence-corrected chi connectivity index (χ3v) is 2.06. The standard InChI is InChI=1S/C14H12F2O/c1-2-3-9-13(17)14(15,16)11-10-12-7-5-4-6-8-12/h2,4-8H,1,3,9H2. The Kier molecular flexibility index (Phi) is 4.59. The van der Waals surface area contributed by atoms with E-state index in [4.69, 9.17) is 0 Å². The van der Waals surface area contributed by atoms with Crippen molar-refractivity contribution in [2.75, 3.05) is 0 Å². The Balaban J connectivity index is 2.76. The maximum absolute atomic E-state index is 13.3. The van der Waals surface area contributed by atoms with Crippen molar-refractivity contribution in [1.29, 1.82) is 0 Å². The maximum Gasteiger partial charge on any atom is 0.366 e. The summed E-state index contributed by atoms with van der Waals surface area (Å²) in [6.07, 6.45) is 1.43. The first kappa shape index (κ1) is 13.1. The minimum Gasteiger partial charge on any atom is -0.292 e. The number of hydrogen-bond acceptors (Lipinski definition) is 1. The fourth-order valence-electron chi connectivity index (χ4n) is 1.13. The van der Waals surface area contributed by atoms with Gasteiger partial charge >= 0.3 is 5.92 Å². The van der Waals surface area contributed by atoms with Crippen molar-refractivity contribution in [3.8, 4) is 11.8 Å². The number of benzene rings is 1. The molecule has 1 aromatic rings. The van der Waals surface area contributed by atoms with Crippen LogP contribution < -0.4 is 0 Å². The summed E-state index contributed by atoms with van der Waals surface area (Å²) in [7, 11) is 0. The van der Waals surface area contributed by atoms with Crippen LogP contribution in [0.3, 0.4) is 0 Å². The van der Waals surface area contributed by atoms with Crippen LogP contribution in [0.25, 0.3) is 0 Å².